The second-order valence-corrected chi connectivity index (χ2v) is 5.80. The lowest BCUT2D eigenvalue weighted by Gasteiger charge is -2.10. The SMILES string of the molecule is COc1ccc(CNc2cccc(-c3ccc(C(=O)NO)cc3)c2)cc1. The van der Waals surface area contributed by atoms with Crippen LogP contribution in [0.15, 0.2) is 72.8 Å². The lowest BCUT2D eigenvalue weighted by atomic mass is 10.0. The molecule has 1 amide bonds. The Balaban J connectivity index is 1.70. The van der Waals surface area contributed by atoms with Crippen molar-refractivity contribution >= 4 is 11.6 Å². The molecule has 0 saturated heterocycles. The molecule has 26 heavy (non-hydrogen) atoms. The maximum absolute atomic E-state index is 11.4. The van der Waals surface area contributed by atoms with Crippen molar-refractivity contribution in [2.24, 2.45) is 0 Å². The van der Waals surface area contributed by atoms with Gasteiger partial charge in [0.25, 0.3) is 5.91 Å². The largest absolute Gasteiger partial charge is 0.497 e. The Hall–Kier alpha value is -3.31. The summed E-state index contributed by atoms with van der Waals surface area (Å²) in [4.78, 5) is 11.4. The number of carbonyl (C=O) groups is 1. The highest BCUT2D eigenvalue weighted by Crippen LogP contribution is 2.23. The van der Waals surface area contributed by atoms with Gasteiger partial charge in [-0.2, -0.15) is 0 Å². The van der Waals surface area contributed by atoms with E-state index in [1.807, 2.05) is 54.6 Å². The topological polar surface area (TPSA) is 70.6 Å². The van der Waals surface area contributed by atoms with E-state index in [9.17, 15) is 4.79 Å². The fourth-order valence-corrected chi connectivity index (χ4v) is 2.63. The Morgan fingerprint density at radius 2 is 1.69 bits per heavy atom. The predicted octanol–water partition coefficient (Wildman–Crippen LogP) is 4.09. The Morgan fingerprint density at radius 3 is 2.35 bits per heavy atom. The van der Waals surface area contributed by atoms with Crippen molar-refractivity contribution in [3.05, 3.63) is 83.9 Å². The first kappa shape index (κ1) is 17.5. The van der Waals surface area contributed by atoms with Crippen molar-refractivity contribution in [3.63, 3.8) is 0 Å². The third-order valence-corrected chi connectivity index (χ3v) is 4.10. The van der Waals surface area contributed by atoms with E-state index in [-0.39, 0.29) is 0 Å². The number of rotatable bonds is 6. The average Bonchev–Trinajstić information content (AvgIpc) is 2.72. The van der Waals surface area contributed by atoms with Crippen molar-refractivity contribution in [1.29, 1.82) is 0 Å². The number of ether oxygens (including phenoxy) is 1. The van der Waals surface area contributed by atoms with Crippen molar-refractivity contribution in [2.75, 3.05) is 12.4 Å². The van der Waals surface area contributed by atoms with Crippen LogP contribution in [0.4, 0.5) is 5.69 Å². The molecule has 0 radical (unpaired) electrons. The molecular weight excluding hydrogens is 328 g/mol. The van der Waals surface area contributed by atoms with Crippen molar-refractivity contribution < 1.29 is 14.7 Å². The normalized spacial score (nSPS) is 10.2. The van der Waals surface area contributed by atoms with Gasteiger partial charge in [-0.15, -0.1) is 0 Å². The van der Waals surface area contributed by atoms with E-state index in [2.05, 4.69) is 11.4 Å². The van der Waals surface area contributed by atoms with Gasteiger partial charge in [0.2, 0.25) is 0 Å². The quantitative estimate of drug-likeness (QED) is 0.463. The van der Waals surface area contributed by atoms with Crippen LogP contribution in [0.5, 0.6) is 5.75 Å². The molecule has 0 aliphatic carbocycles. The zero-order valence-electron chi connectivity index (χ0n) is 14.4. The van der Waals surface area contributed by atoms with Crippen LogP contribution in [0, 0.1) is 0 Å². The summed E-state index contributed by atoms with van der Waals surface area (Å²) in [6, 6.07) is 23.1. The van der Waals surface area contributed by atoms with Gasteiger partial charge in [-0.3, -0.25) is 10.0 Å². The first-order valence-corrected chi connectivity index (χ1v) is 8.21. The van der Waals surface area contributed by atoms with Crippen LogP contribution in [-0.2, 0) is 6.54 Å². The average molecular weight is 348 g/mol. The highest BCUT2D eigenvalue weighted by atomic mass is 16.5. The third kappa shape index (κ3) is 4.20. The van der Waals surface area contributed by atoms with Crippen LogP contribution >= 0.6 is 0 Å². The van der Waals surface area contributed by atoms with Gasteiger partial charge >= 0.3 is 0 Å². The second kappa shape index (κ2) is 8.18. The molecule has 3 N–H and O–H groups in total. The van der Waals surface area contributed by atoms with E-state index in [1.54, 1.807) is 24.7 Å². The van der Waals surface area contributed by atoms with E-state index in [0.29, 0.717) is 12.1 Å². The number of amides is 1. The summed E-state index contributed by atoms with van der Waals surface area (Å²) in [5, 5.41) is 12.1. The number of nitrogens with one attached hydrogen (secondary N) is 2. The minimum Gasteiger partial charge on any atom is -0.497 e. The lowest BCUT2D eigenvalue weighted by Crippen LogP contribution is -2.18. The number of hydrogen-bond acceptors (Lipinski definition) is 4. The molecule has 0 bridgehead atoms. The fraction of sp³-hybridized carbons (Fsp3) is 0.0952. The number of anilines is 1. The molecule has 0 saturated carbocycles. The number of benzene rings is 3. The third-order valence-electron chi connectivity index (χ3n) is 4.10. The molecule has 0 fully saturated rings. The first-order valence-electron chi connectivity index (χ1n) is 8.21. The van der Waals surface area contributed by atoms with Gasteiger partial charge in [0.1, 0.15) is 5.75 Å². The van der Waals surface area contributed by atoms with Gasteiger partial charge < -0.3 is 10.1 Å². The molecule has 3 aromatic rings. The summed E-state index contributed by atoms with van der Waals surface area (Å²) >= 11 is 0. The molecule has 0 aliphatic heterocycles. The zero-order chi connectivity index (χ0) is 18.4. The van der Waals surface area contributed by atoms with Crippen LogP contribution in [-0.4, -0.2) is 18.2 Å². The molecule has 0 atom stereocenters. The minimum absolute atomic E-state index is 0.407. The Labute approximate surface area is 152 Å². The molecule has 5 nitrogen and oxygen atoms in total. The highest BCUT2D eigenvalue weighted by Gasteiger charge is 2.05. The lowest BCUT2D eigenvalue weighted by molar-refractivity contribution is 0.0706. The molecule has 0 unspecified atom stereocenters. The molecule has 0 heterocycles. The van der Waals surface area contributed by atoms with Gasteiger partial charge in [-0.05, 0) is 53.1 Å². The Bertz CT molecular complexity index is 875. The maximum atomic E-state index is 11.4. The van der Waals surface area contributed by atoms with Gasteiger partial charge in [0.15, 0.2) is 0 Å². The molecule has 5 heteroatoms. The number of methoxy groups -OCH3 is 1. The van der Waals surface area contributed by atoms with E-state index >= 15 is 0 Å². The zero-order valence-corrected chi connectivity index (χ0v) is 14.4. The standard InChI is InChI=1S/C21H20N2O3/c1-26-20-11-5-15(6-12-20)14-22-19-4-2-3-18(13-19)16-7-9-17(10-8-16)21(24)23-25/h2-13,22,25H,14H2,1H3,(H,23,24). The minimum atomic E-state index is -0.522. The van der Waals surface area contributed by atoms with Crippen LogP contribution in [0.3, 0.4) is 0 Å². The van der Waals surface area contributed by atoms with Gasteiger partial charge in [-0.1, -0.05) is 36.4 Å². The molecule has 132 valence electrons. The summed E-state index contributed by atoms with van der Waals surface area (Å²) < 4.78 is 5.17. The summed E-state index contributed by atoms with van der Waals surface area (Å²) in [7, 11) is 1.65. The summed E-state index contributed by atoms with van der Waals surface area (Å²) in [5.41, 5.74) is 6.25. The number of carbonyl (C=O) groups excluding carboxylic acids is 1. The summed E-state index contributed by atoms with van der Waals surface area (Å²) in [6.45, 7) is 0.711. The van der Waals surface area contributed by atoms with Crippen LogP contribution in [0.1, 0.15) is 15.9 Å². The predicted molar refractivity (Wildman–Crippen MR) is 101 cm³/mol. The molecule has 0 spiro atoms. The molecule has 0 aliphatic rings. The van der Waals surface area contributed by atoms with Gasteiger partial charge in [-0.25, -0.2) is 5.48 Å². The van der Waals surface area contributed by atoms with E-state index in [1.165, 1.54) is 0 Å². The summed E-state index contributed by atoms with van der Waals surface area (Å²) in [6.07, 6.45) is 0. The highest BCUT2D eigenvalue weighted by molar-refractivity contribution is 5.93. The van der Waals surface area contributed by atoms with Crippen molar-refractivity contribution in [1.82, 2.24) is 5.48 Å². The fourth-order valence-electron chi connectivity index (χ4n) is 2.63. The molecule has 3 rings (SSSR count). The smallest absolute Gasteiger partial charge is 0.274 e. The van der Waals surface area contributed by atoms with E-state index in [4.69, 9.17) is 9.94 Å². The van der Waals surface area contributed by atoms with Crippen LogP contribution < -0.4 is 15.5 Å². The van der Waals surface area contributed by atoms with Crippen LogP contribution in [0.25, 0.3) is 11.1 Å². The second-order valence-electron chi connectivity index (χ2n) is 5.80. The van der Waals surface area contributed by atoms with Gasteiger partial charge in [0, 0.05) is 17.8 Å². The maximum Gasteiger partial charge on any atom is 0.274 e. The number of hydrogen-bond donors (Lipinski definition) is 3. The monoisotopic (exact) mass is 348 g/mol. The van der Waals surface area contributed by atoms with Crippen molar-refractivity contribution in [3.8, 4) is 16.9 Å². The number of hydroxylamine groups is 1. The van der Waals surface area contributed by atoms with Crippen molar-refractivity contribution in [2.45, 2.75) is 6.54 Å². The Morgan fingerprint density at radius 1 is 0.962 bits per heavy atom. The Kier molecular flexibility index (Phi) is 5.51. The van der Waals surface area contributed by atoms with E-state index in [0.717, 1.165) is 28.1 Å². The molecule has 0 aromatic heterocycles. The summed E-state index contributed by atoms with van der Waals surface area (Å²) in [5.74, 6) is 0.320. The molecule has 3 aromatic carbocycles. The molecular formula is C21H20N2O3. The first-order chi connectivity index (χ1) is 12.7. The van der Waals surface area contributed by atoms with Gasteiger partial charge in [0.05, 0.1) is 7.11 Å². The van der Waals surface area contributed by atoms with E-state index < -0.39 is 5.91 Å². The van der Waals surface area contributed by atoms with Crippen LogP contribution in [0.2, 0.25) is 0 Å².